The first-order valence-electron chi connectivity index (χ1n) is 23.7. The third-order valence-electron chi connectivity index (χ3n) is 14.2. The third-order valence-corrected chi connectivity index (χ3v) is 14.2. The highest BCUT2D eigenvalue weighted by Gasteiger charge is 2.47. The summed E-state index contributed by atoms with van der Waals surface area (Å²) in [4.78, 5) is 5.08. The summed E-state index contributed by atoms with van der Waals surface area (Å²) in [6, 6.07) is 50.4. The third kappa shape index (κ3) is 7.05. The first kappa shape index (κ1) is 43.4. The Morgan fingerprint density at radius 3 is 1.55 bits per heavy atom. The van der Waals surface area contributed by atoms with E-state index in [2.05, 4.69) is 238 Å². The molecule has 4 nitrogen and oxygen atoms in total. The molecule has 0 amide bonds. The van der Waals surface area contributed by atoms with Crippen molar-refractivity contribution in [3.8, 4) is 5.69 Å². The number of fused-ring (bicyclic) bond motifs is 5. The van der Waals surface area contributed by atoms with Gasteiger partial charge in [-0.05, 0) is 129 Å². The zero-order valence-corrected chi connectivity index (χ0v) is 41.3. The summed E-state index contributed by atoms with van der Waals surface area (Å²) < 4.78 is 8.94. The van der Waals surface area contributed by atoms with Gasteiger partial charge in [0.1, 0.15) is 11.0 Å². The molecule has 0 unspecified atom stereocenters. The molecule has 0 aliphatic carbocycles. The lowest BCUT2D eigenvalue weighted by atomic mass is 9.34. The maximum atomic E-state index is 6.37. The molecular weight excluding hydrogens is 802 g/mol. The van der Waals surface area contributed by atoms with E-state index in [9.17, 15) is 0 Å². The molecule has 10 rings (SSSR count). The van der Waals surface area contributed by atoms with E-state index in [-0.39, 0.29) is 28.4 Å². The number of aromatic nitrogens is 1. The van der Waals surface area contributed by atoms with Crippen LogP contribution in [0.1, 0.15) is 117 Å². The SMILES string of the molecule is C=c1oc2ccccc2/c1=C/c1c2c(n(-c3ccc(C(C)(C)C)cc3)c1C)B1c3cc(C(C)(C)C)ccc3N(c3ccc(C(C)(C)C)cc3)c3cccc(c31)N2c1ccc(C(C)(C)C)cc1. The van der Waals surface area contributed by atoms with Gasteiger partial charge in [-0.1, -0.05) is 162 Å². The highest BCUT2D eigenvalue weighted by Crippen LogP contribution is 2.47. The maximum Gasteiger partial charge on any atom is 0.273 e. The molecule has 0 bridgehead atoms. The van der Waals surface area contributed by atoms with Gasteiger partial charge in [0.25, 0.3) is 6.71 Å². The van der Waals surface area contributed by atoms with Crippen molar-refractivity contribution >= 4 is 81.0 Å². The Kier molecular flexibility index (Phi) is 9.90. The summed E-state index contributed by atoms with van der Waals surface area (Å²) in [6.45, 7) is 34.3. The topological polar surface area (TPSA) is 24.6 Å². The van der Waals surface area contributed by atoms with Gasteiger partial charge < -0.3 is 18.8 Å². The van der Waals surface area contributed by atoms with Crippen LogP contribution in [0.15, 0.2) is 138 Å². The van der Waals surface area contributed by atoms with Gasteiger partial charge in [0, 0.05) is 61.6 Å². The smallest absolute Gasteiger partial charge is 0.273 e. The lowest BCUT2D eigenvalue weighted by Crippen LogP contribution is -2.63. The van der Waals surface area contributed by atoms with E-state index in [0.717, 1.165) is 44.5 Å². The molecule has 2 aliphatic rings. The van der Waals surface area contributed by atoms with Crippen LogP contribution in [0, 0.1) is 6.92 Å². The van der Waals surface area contributed by atoms with Crippen LogP contribution in [-0.4, -0.2) is 11.3 Å². The van der Waals surface area contributed by atoms with Crippen molar-refractivity contribution in [2.45, 2.75) is 112 Å². The highest BCUT2D eigenvalue weighted by atomic mass is 16.3. The van der Waals surface area contributed by atoms with Gasteiger partial charge in [-0.3, -0.25) is 0 Å². The minimum Gasteiger partial charge on any atom is -0.457 e. The zero-order valence-electron chi connectivity index (χ0n) is 41.3. The van der Waals surface area contributed by atoms with E-state index in [4.69, 9.17) is 4.42 Å². The van der Waals surface area contributed by atoms with E-state index < -0.39 is 0 Å². The Labute approximate surface area is 393 Å². The molecule has 0 fully saturated rings. The minimum atomic E-state index is -0.109. The van der Waals surface area contributed by atoms with Gasteiger partial charge >= 0.3 is 0 Å². The van der Waals surface area contributed by atoms with Gasteiger partial charge in [0.05, 0.1) is 5.69 Å². The van der Waals surface area contributed by atoms with E-state index >= 15 is 0 Å². The molecule has 4 heterocycles. The van der Waals surface area contributed by atoms with Gasteiger partial charge in [-0.2, -0.15) is 0 Å². The summed E-state index contributed by atoms with van der Waals surface area (Å²) in [7, 11) is 0. The first-order valence-corrected chi connectivity index (χ1v) is 23.7. The lowest BCUT2D eigenvalue weighted by molar-refractivity contribution is 0.577. The van der Waals surface area contributed by atoms with Crippen LogP contribution >= 0.6 is 0 Å². The van der Waals surface area contributed by atoms with Crippen LogP contribution in [0.4, 0.5) is 34.1 Å². The summed E-state index contributed by atoms with van der Waals surface area (Å²) >= 11 is 0. The van der Waals surface area contributed by atoms with Gasteiger partial charge in [0.2, 0.25) is 0 Å². The summed E-state index contributed by atoms with van der Waals surface area (Å²) in [5.74, 6) is 0. The number of nitrogens with zero attached hydrogens (tertiary/aromatic N) is 3. The van der Waals surface area contributed by atoms with Gasteiger partial charge in [-0.15, -0.1) is 0 Å². The summed E-state index contributed by atoms with van der Waals surface area (Å²) in [5, 5.41) is 2.06. The van der Waals surface area contributed by atoms with Crippen molar-refractivity contribution in [3.05, 3.63) is 178 Å². The first-order chi connectivity index (χ1) is 31.1. The molecule has 2 aromatic heterocycles. The fourth-order valence-corrected chi connectivity index (χ4v) is 10.4. The van der Waals surface area contributed by atoms with Gasteiger partial charge in [-0.25, -0.2) is 0 Å². The number of rotatable bonds is 4. The second-order valence-corrected chi connectivity index (χ2v) is 22.9. The second-order valence-electron chi connectivity index (χ2n) is 22.9. The molecule has 66 heavy (non-hydrogen) atoms. The van der Waals surface area contributed by atoms with Crippen molar-refractivity contribution in [1.29, 1.82) is 0 Å². The molecule has 0 radical (unpaired) electrons. The van der Waals surface area contributed by atoms with Gasteiger partial charge in [0.15, 0.2) is 0 Å². The van der Waals surface area contributed by atoms with Crippen molar-refractivity contribution < 1.29 is 4.42 Å². The number of para-hydroxylation sites is 1. The fraction of sp³-hybridized carbons (Fsp3) is 0.279. The Morgan fingerprint density at radius 2 is 1.00 bits per heavy atom. The number of hydrogen-bond donors (Lipinski definition) is 0. The molecule has 0 saturated heterocycles. The Hall–Kier alpha value is -6.46. The molecule has 5 heteroatoms. The average molecular weight is 866 g/mol. The average Bonchev–Trinajstić information content (AvgIpc) is 3.74. The Balaban J connectivity index is 1.37. The standard InChI is InChI=1S/C61H64BN3O/c1-38-48(37-49-39(2)66-54-21-16-15-18-47(49)54)56-57(63(38)44-29-22-40(23-30-44)58(3,4)5)62-50-36-43(61(12,13)14)28-35-51(50)64(45-31-24-41(25-32-45)59(6,7)8)52-19-17-20-53(55(52)62)65(56)46-33-26-42(27-34-46)60(9,10)11/h15-37H,2H2,1,3-14H3/b49-37+. The normalized spacial score (nSPS) is 14.2. The van der Waals surface area contributed by atoms with Crippen molar-refractivity contribution in [2.75, 3.05) is 9.80 Å². The van der Waals surface area contributed by atoms with Crippen LogP contribution in [0.3, 0.4) is 0 Å². The van der Waals surface area contributed by atoms with Crippen LogP contribution in [0.25, 0.3) is 29.3 Å². The maximum absolute atomic E-state index is 6.37. The molecule has 0 N–H and O–H groups in total. The number of hydrogen-bond acceptors (Lipinski definition) is 3. The lowest BCUT2D eigenvalue weighted by Gasteiger charge is -2.44. The molecule has 8 aromatic rings. The van der Waals surface area contributed by atoms with Crippen LogP contribution in [0.5, 0.6) is 0 Å². The van der Waals surface area contributed by atoms with Crippen LogP contribution < -0.4 is 37.0 Å². The molecule has 0 atom stereocenters. The molecule has 0 saturated carbocycles. The molecular formula is C61H64BN3O. The van der Waals surface area contributed by atoms with Crippen molar-refractivity contribution in [3.63, 3.8) is 0 Å². The predicted molar refractivity (Wildman–Crippen MR) is 284 cm³/mol. The Morgan fingerprint density at radius 1 is 0.515 bits per heavy atom. The number of anilines is 6. The summed E-state index contributed by atoms with van der Waals surface area (Å²) in [5.41, 5.74) is 21.0. The quantitative estimate of drug-likeness (QED) is 0.165. The molecule has 2 aliphatic heterocycles. The molecule has 6 aromatic carbocycles. The fourth-order valence-electron chi connectivity index (χ4n) is 10.4. The van der Waals surface area contributed by atoms with E-state index in [1.165, 1.54) is 61.5 Å². The van der Waals surface area contributed by atoms with Crippen molar-refractivity contribution in [1.82, 2.24) is 4.57 Å². The van der Waals surface area contributed by atoms with E-state index in [1.54, 1.807) is 0 Å². The number of benzene rings is 6. The van der Waals surface area contributed by atoms with Crippen molar-refractivity contribution in [2.24, 2.45) is 0 Å². The predicted octanol–water partition coefficient (Wildman–Crippen LogP) is 13.0. The second kappa shape index (κ2) is 15.0. The minimum absolute atomic E-state index is 0.00501. The monoisotopic (exact) mass is 866 g/mol. The van der Waals surface area contributed by atoms with Crippen LogP contribution in [-0.2, 0) is 21.7 Å². The molecule has 332 valence electrons. The van der Waals surface area contributed by atoms with E-state index in [0.29, 0.717) is 5.42 Å². The molecule has 0 spiro atoms. The largest absolute Gasteiger partial charge is 0.457 e. The Bertz CT molecular complexity index is 3300. The zero-order chi connectivity index (χ0) is 46.8. The number of furan rings is 1. The van der Waals surface area contributed by atoms with Crippen LogP contribution in [0.2, 0.25) is 0 Å². The van der Waals surface area contributed by atoms with E-state index in [1.807, 2.05) is 12.1 Å². The highest BCUT2D eigenvalue weighted by molar-refractivity contribution is 7.00. The summed E-state index contributed by atoms with van der Waals surface area (Å²) in [6.07, 6.45) is 2.35.